The molecule has 2 aromatic carbocycles. The lowest BCUT2D eigenvalue weighted by Gasteiger charge is -2.14. The van der Waals surface area contributed by atoms with Crippen LogP contribution in [0.25, 0.3) is 0 Å². The second kappa shape index (κ2) is 9.95. The number of halogens is 2. The van der Waals surface area contributed by atoms with Gasteiger partial charge in [-0.15, -0.1) is 0 Å². The van der Waals surface area contributed by atoms with Crippen molar-refractivity contribution in [3.8, 4) is 5.75 Å². The summed E-state index contributed by atoms with van der Waals surface area (Å²) in [5.74, 6) is -2.67. The van der Waals surface area contributed by atoms with E-state index >= 15 is 0 Å². The largest absolute Gasteiger partial charge is 0.487 e. The highest BCUT2D eigenvalue weighted by Crippen LogP contribution is 2.34. The van der Waals surface area contributed by atoms with Crippen LogP contribution >= 0.6 is 11.6 Å². The molecule has 0 bridgehead atoms. The molecule has 0 aliphatic rings. The lowest BCUT2D eigenvalue weighted by Crippen LogP contribution is -2.21. The molecule has 10 heteroatoms. The van der Waals surface area contributed by atoms with Crippen LogP contribution in [0.15, 0.2) is 54.9 Å². The molecule has 0 aliphatic carbocycles. The lowest BCUT2D eigenvalue weighted by atomic mass is 10.2. The van der Waals surface area contributed by atoms with Crippen molar-refractivity contribution in [2.75, 3.05) is 7.11 Å². The van der Waals surface area contributed by atoms with E-state index in [1.807, 2.05) is 30.3 Å². The van der Waals surface area contributed by atoms with Crippen molar-refractivity contribution in [2.24, 2.45) is 0 Å². The van der Waals surface area contributed by atoms with E-state index in [2.05, 4.69) is 14.7 Å². The summed E-state index contributed by atoms with van der Waals surface area (Å²) in [5, 5.41) is 0.109. The van der Waals surface area contributed by atoms with E-state index in [9.17, 15) is 17.9 Å². The predicted molar refractivity (Wildman–Crippen MR) is 114 cm³/mol. The zero-order chi connectivity index (χ0) is 22.4. The molecule has 0 spiro atoms. The number of aromatic nitrogens is 2. The second-order valence-electron chi connectivity index (χ2n) is 6.52. The fourth-order valence-corrected chi connectivity index (χ4v) is 4.52. The minimum absolute atomic E-state index is 0.0142. The number of hydrogen-bond acceptors (Lipinski definition) is 6. The minimum Gasteiger partial charge on any atom is -0.487 e. The van der Waals surface area contributed by atoms with Crippen LogP contribution in [0, 0.1) is 5.82 Å². The fourth-order valence-electron chi connectivity index (χ4n) is 2.83. The molecular weight excluding hydrogens is 447 g/mol. The highest BCUT2D eigenvalue weighted by Gasteiger charge is 2.34. The van der Waals surface area contributed by atoms with Gasteiger partial charge in [0.15, 0.2) is 17.2 Å². The highest BCUT2D eigenvalue weighted by molar-refractivity contribution is 7.96. The highest BCUT2D eigenvalue weighted by atomic mass is 35.5. The van der Waals surface area contributed by atoms with Gasteiger partial charge in [-0.25, -0.2) is 14.2 Å². The van der Waals surface area contributed by atoms with Gasteiger partial charge in [0.2, 0.25) is 10.2 Å². The van der Waals surface area contributed by atoms with Crippen molar-refractivity contribution in [1.29, 1.82) is 0 Å². The third-order valence-electron chi connectivity index (χ3n) is 4.27. The van der Waals surface area contributed by atoms with Crippen LogP contribution in [0.3, 0.4) is 0 Å². The molecule has 3 rings (SSSR count). The molecule has 0 radical (unpaired) electrons. The van der Waals surface area contributed by atoms with Gasteiger partial charge >= 0.3 is 5.97 Å². The Balaban J connectivity index is 1.87. The quantitative estimate of drug-likeness (QED) is 0.391. The van der Waals surface area contributed by atoms with Crippen LogP contribution in [0.1, 0.15) is 27.3 Å². The van der Waals surface area contributed by atoms with Gasteiger partial charge in [0, 0.05) is 12.4 Å². The Morgan fingerprint density at radius 2 is 1.84 bits per heavy atom. The van der Waals surface area contributed by atoms with Crippen LogP contribution in [0.2, 0.25) is 5.02 Å². The van der Waals surface area contributed by atoms with Crippen molar-refractivity contribution in [1.82, 2.24) is 9.97 Å². The summed E-state index contributed by atoms with van der Waals surface area (Å²) >= 11 is 6.19. The summed E-state index contributed by atoms with van der Waals surface area (Å²) < 4.78 is 48.4. The average molecular weight is 466 g/mol. The Bertz CT molecular complexity index is 1130. The van der Waals surface area contributed by atoms with E-state index in [4.69, 9.17) is 16.3 Å². The number of ether oxygens (including phenoxy) is 2. The van der Waals surface area contributed by atoms with E-state index in [1.54, 1.807) is 0 Å². The van der Waals surface area contributed by atoms with Gasteiger partial charge in [-0.2, -0.15) is 4.55 Å². The summed E-state index contributed by atoms with van der Waals surface area (Å²) in [6, 6.07) is 11.6. The summed E-state index contributed by atoms with van der Waals surface area (Å²) in [6.45, 7) is 0.0975. The van der Waals surface area contributed by atoms with E-state index in [-0.39, 0.29) is 34.3 Å². The van der Waals surface area contributed by atoms with Crippen LogP contribution in [-0.2, 0) is 37.3 Å². The number of nitrogens with zero attached hydrogens (tertiary/aromatic N) is 2. The Labute approximate surface area is 184 Å². The average Bonchev–Trinajstić information content (AvgIpc) is 2.76. The van der Waals surface area contributed by atoms with Crippen molar-refractivity contribution in [2.45, 2.75) is 18.1 Å². The molecule has 1 N–H and O–H groups in total. The molecule has 0 aliphatic heterocycles. The number of benzene rings is 2. The molecule has 1 heterocycles. The topological polar surface area (TPSA) is 98.6 Å². The van der Waals surface area contributed by atoms with Gasteiger partial charge in [-0.1, -0.05) is 46.1 Å². The molecule has 1 atom stereocenters. The van der Waals surface area contributed by atoms with E-state index in [0.717, 1.165) is 18.7 Å². The van der Waals surface area contributed by atoms with Crippen LogP contribution in [-0.4, -0.2) is 27.6 Å². The van der Waals surface area contributed by atoms with Gasteiger partial charge in [-0.3, -0.25) is 4.98 Å². The van der Waals surface area contributed by atoms with E-state index < -0.39 is 33.5 Å². The maximum Gasteiger partial charge on any atom is 0.358 e. The molecule has 7 nitrogen and oxygen atoms in total. The Hall–Kier alpha value is -2.88. The normalized spacial score (nSPS) is 12.8. The first-order chi connectivity index (χ1) is 14.8. The maximum atomic E-state index is 14.6. The Kier molecular flexibility index (Phi) is 7.32. The van der Waals surface area contributed by atoms with Gasteiger partial charge in [0.1, 0.15) is 23.9 Å². The SMILES string of the molecule is COC(=O)c1nccnc1C[S+](=O)(O)Cc1c(F)ccc(Cl)c1OCc1ccccc1. The van der Waals surface area contributed by atoms with Crippen molar-refractivity contribution < 1.29 is 27.4 Å². The summed E-state index contributed by atoms with van der Waals surface area (Å²) in [7, 11) is -2.57. The first-order valence-electron chi connectivity index (χ1n) is 9.04. The number of rotatable bonds is 8. The zero-order valence-electron chi connectivity index (χ0n) is 16.5. The summed E-state index contributed by atoms with van der Waals surface area (Å²) in [4.78, 5) is 19.7. The van der Waals surface area contributed by atoms with Crippen molar-refractivity contribution in [3.63, 3.8) is 0 Å². The smallest absolute Gasteiger partial charge is 0.358 e. The number of methoxy groups -OCH3 is 1. The van der Waals surface area contributed by atoms with Crippen molar-refractivity contribution in [3.05, 3.63) is 88.2 Å². The molecule has 0 amide bonds. The maximum absolute atomic E-state index is 14.6. The van der Waals surface area contributed by atoms with Gasteiger partial charge in [-0.05, 0) is 17.7 Å². The molecular formula is C21H19ClFN2O5S+. The lowest BCUT2D eigenvalue weighted by molar-refractivity contribution is 0.0592. The van der Waals surface area contributed by atoms with Crippen molar-refractivity contribution >= 4 is 27.8 Å². The zero-order valence-corrected chi connectivity index (χ0v) is 18.0. The van der Waals surface area contributed by atoms with Crippen LogP contribution in [0.4, 0.5) is 4.39 Å². The Morgan fingerprint density at radius 3 is 2.55 bits per heavy atom. The first kappa shape index (κ1) is 22.8. The molecule has 1 unspecified atom stereocenters. The van der Waals surface area contributed by atoms with E-state index in [1.165, 1.54) is 18.5 Å². The monoisotopic (exact) mass is 465 g/mol. The number of hydrogen-bond donors (Lipinski definition) is 1. The number of carbonyl (C=O) groups excluding carboxylic acids is 1. The summed E-state index contributed by atoms with van der Waals surface area (Å²) in [5.41, 5.74) is 0.468. The number of carbonyl (C=O) groups is 1. The van der Waals surface area contributed by atoms with E-state index in [0.29, 0.717) is 0 Å². The third-order valence-corrected chi connectivity index (χ3v) is 6.03. The van der Waals surface area contributed by atoms with Crippen LogP contribution in [0.5, 0.6) is 5.75 Å². The predicted octanol–water partition coefficient (Wildman–Crippen LogP) is 4.31. The molecule has 3 aromatic rings. The second-order valence-corrected chi connectivity index (χ2v) is 9.05. The minimum atomic E-state index is -3.74. The van der Waals surface area contributed by atoms with Gasteiger partial charge in [0.05, 0.1) is 17.7 Å². The van der Waals surface area contributed by atoms with Gasteiger partial charge in [0.25, 0.3) is 0 Å². The molecule has 0 fully saturated rings. The summed E-state index contributed by atoms with van der Waals surface area (Å²) in [6.07, 6.45) is 2.55. The fraction of sp³-hybridized carbons (Fsp3) is 0.190. The molecule has 1 aromatic heterocycles. The molecule has 31 heavy (non-hydrogen) atoms. The Morgan fingerprint density at radius 1 is 1.13 bits per heavy atom. The number of esters is 1. The molecule has 162 valence electrons. The molecule has 0 saturated heterocycles. The first-order valence-corrected chi connectivity index (χ1v) is 11.3. The third kappa shape index (κ3) is 5.84. The van der Waals surface area contributed by atoms with Gasteiger partial charge < -0.3 is 9.47 Å². The molecule has 0 saturated carbocycles. The van der Waals surface area contributed by atoms with Crippen LogP contribution < -0.4 is 4.74 Å². The standard InChI is InChI=1S/C21H18ClFN2O5S/c1-29-21(26)19-18(24-9-10-25-19)13-31(27,28)12-15-17(23)8-7-16(22)20(15)30-11-14-5-3-2-4-6-14/h2-10H,11-13H2,1H3/p+1.